The molecule has 2 aromatic carbocycles. The summed E-state index contributed by atoms with van der Waals surface area (Å²) >= 11 is 0. The molecule has 0 radical (unpaired) electrons. The highest BCUT2D eigenvalue weighted by Gasteiger charge is 2.04. The molecule has 0 aromatic heterocycles. The van der Waals surface area contributed by atoms with E-state index < -0.39 is 0 Å². The second-order valence-corrected chi connectivity index (χ2v) is 5.15. The first kappa shape index (κ1) is 15.9. The topological polar surface area (TPSA) is 50.4 Å². The first-order chi connectivity index (χ1) is 10.7. The summed E-state index contributed by atoms with van der Waals surface area (Å²) in [6.07, 6.45) is 1.08. The zero-order valence-electron chi connectivity index (χ0n) is 13.1. The number of nitrogens with one attached hydrogen (secondary N) is 2. The third-order valence-corrected chi connectivity index (χ3v) is 3.14. The molecule has 4 heteroatoms. The van der Waals surface area contributed by atoms with Crippen LogP contribution in [0.3, 0.4) is 0 Å². The molecule has 2 rings (SSSR count). The number of amides is 1. The maximum absolute atomic E-state index is 11.9. The molecule has 0 atom stereocenters. The van der Waals surface area contributed by atoms with Crippen LogP contribution in [0, 0.1) is 6.92 Å². The van der Waals surface area contributed by atoms with Gasteiger partial charge < -0.3 is 15.4 Å². The molecule has 0 heterocycles. The number of carbonyl (C=O) groups is 1. The number of ether oxygens (including phenoxy) is 1. The first-order valence-electron chi connectivity index (χ1n) is 7.50. The fourth-order valence-electron chi connectivity index (χ4n) is 1.92. The van der Waals surface area contributed by atoms with Crippen LogP contribution in [0.5, 0.6) is 5.75 Å². The van der Waals surface area contributed by atoms with Gasteiger partial charge in [-0.2, -0.15) is 0 Å². The molecular weight excluding hydrogens is 276 g/mol. The molecule has 0 unspecified atom stereocenters. The van der Waals surface area contributed by atoms with Crippen molar-refractivity contribution >= 4 is 17.3 Å². The molecule has 0 bridgehead atoms. The second-order valence-electron chi connectivity index (χ2n) is 5.15. The summed E-state index contributed by atoms with van der Waals surface area (Å²) in [5.74, 6) is 0.523. The Morgan fingerprint density at radius 2 is 1.64 bits per heavy atom. The summed E-state index contributed by atoms with van der Waals surface area (Å²) in [5.41, 5.74) is 2.98. The summed E-state index contributed by atoms with van der Waals surface area (Å²) in [4.78, 5) is 11.9. The first-order valence-corrected chi connectivity index (χ1v) is 7.50. The number of hydrogen-bond donors (Lipinski definition) is 2. The molecule has 0 fully saturated rings. The monoisotopic (exact) mass is 298 g/mol. The van der Waals surface area contributed by atoms with Crippen molar-refractivity contribution < 1.29 is 9.53 Å². The highest BCUT2D eigenvalue weighted by atomic mass is 16.5. The Balaban J connectivity index is 1.80. The number of rotatable bonds is 7. The van der Waals surface area contributed by atoms with E-state index in [4.69, 9.17) is 4.74 Å². The van der Waals surface area contributed by atoms with Gasteiger partial charge in [-0.25, -0.2) is 0 Å². The molecule has 0 aliphatic rings. The normalized spacial score (nSPS) is 10.1. The van der Waals surface area contributed by atoms with E-state index in [0.717, 1.165) is 29.9 Å². The third-order valence-electron chi connectivity index (χ3n) is 3.14. The highest BCUT2D eigenvalue weighted by Crippen LogP contribution is 2.14. The van der Waals surface area contributed by atoms with Crippen molar-refractivity contribution in [1.82, 2.24) is 0 Å². The molecule has 0 spiro atoms. The molecule has 0 saturated carbocycles. The van der Waals surface area contributed by atoms with Gasteiger partial charge in [0.25, 0.3) is 5.91 Å². The lowest BCUT2D eigenvalue weighted by Gasteiger charge is -2.09. The minimum Gasteiger partial charge on any atom is -0.484 e. The Morgan fingerprint density at radius 1 is 1.00 bits per heavy atom. The van der Waals surface area contributed by atoms with E-state index in [9.17, 15) is 4.79 Å². The van der Waals surface area contributed by atoms with Crippen molar-refractivity contribution in [3.63, 3.8) is 0 Å². The van der Waals surface area contributed by atoms with Gasteiger partial charge in [-0.1, -0.05) is 24.6 Å². The molecule has 1 amide bonds. The Labute approximate surface area is 131 Å². The van der Waals surface area contributed by atoms with Crippen molar-refractivity contribution in [2.75, 3.05) is 23.8 Å². The average Bonchev–Trinajstić information content (AvgIpc) is 2.54. The fourth-order valence-corrected chi connectivity index (χ4v) is 1.92. The summed E-state index contributed by atoms with van der Waals surface area (Å²) in [6.45, 7) is 5.07. The lowest BCUT2D eigenvalue weighted by molar-refractivity contribution is -0.118. The van der Waals surface area contributed by atoms with Gasteiger partial charge in [0.15, 0.2) is 6.61 Å². The lowest BCUT2D eigenvalue weighted by atomic mass is 10.2. The smallest absolute Gasteiger partial charge is 0.262 e. The zero-order chi connectivity index (χ0) is 15.8. The summed E-state index contributed by atoms with van der Waals surface area (Å²) in [7, 11) is 0. The minimum atomic E-state index is -0.171. The molecule has 22 heavy (non-hydrogen) atoms. The van der Waals surface area contributed by atoms with Crippen LogP contribution in [0.2, 0.25) is 0 Å². The van der Waals surface area contributed by atoms with Crippen LogP contribution in [0.25, 0.3) is 0 Å². The second kappa shape index (κ2) is 8.08. The quantitative estimate of drug-likeness (QED) is 0.816. The fraction of sp³-hybridized carbons (Fsp3) is 0.278. The van der Waals surface area contributed by atoms with E-state index in [1.807, 2.05) is 55.5 Å². The minimum absolute atomic E-state index is 0.00109. The van der Waals surface area contributed by atoms with E-state index in [-0.39, 0.29) is 12.5 Å². The number of carbonyl (C=O) groups excluding carboxylic acids is 1. The highest BCUT2D eigenvalue weighted by molar-refractivity contribution is 5.92. The maximum atomic E-state index is 11.9. The Bertz CT molecular complexity index is 591. The van der Waals surface area contributed by atoms with Gasteiger partial charge in [0.2, 0.25) is 0 Å². The van der Waals surface area contributed by atoms with E-state index in [1.54, 1.807) is 0 Å². The average molecular weight is 298 g/mol. The van der Waals surface area contributed by atoms with Crippen molar-refractivity contribution in [2.24, 2.45) is 0 Å². The van der Waals surface area contributed by atoms with Gasteiger partial charge in [0.1, 0.15) is 5.75 Å². The zero-order valence-corrected chi connectivity index (χ0v) is 13.1. The van der Waals surface area contributed by atoms with Crippen LogP contribution in [0.4, 0.5) is 11.4 Å². The maximum Gasteiger partial charge on any atom is 0.262 e. The number of hydrogen-bond acceptors (Lipinski definition) is 3. The van der Waals surface area contributed by atoms with Crippen LogP contribution in [0.15, 0.2) is 48.5 Å². The van der Waals surface area contributed by atoms with E-state index in [2.05, 4.69) is 17.6 Å². The van der Waals surface area contributed by atoms with Gasteiger partial charge >= 0.3 is 0 Å². The molecule has 4 nitrogen and oxygen atoms in total. The van der Waals surface area contributed by atoms with Crippen LogP contribution in [-0.4, -0.2) is 19.1 Å². The van der Waals surface area contributed by atoms with Crippen molar-refractivity contribution in [2.45, 2.75) is 20.3 Å². The van der Waals surface area contributed by atoms with Gasteiger partial charge in [-0.3, -0.25) is 4.79 Å². The summed E-state index contributed by atoms with van der Waals surface area (Å²) in [5, 5.41) is 6.10. The van der Waals surface area contributed by atoms with Crippen LogP contribution >= 0.6 is 0 Å². The molecule has 0 aliphatic heterocycles. The van der Waals surface area contributed by atoms with Gasteiger partial charge in [-0.05, 0) is 49.7 Å². The summed E-state index contributed by atoms with van der Waals surface area (Å²) < 4.78 is 5.45. The molecule has 0 aliphatic carbocycles. The van der Waals surface area contributed by atoms with Crippen molar-refractivity contribution in [3.8, 4) is 5.75 Å². The van der Waals surface area contributed by atoms with Crippen LogP contribution in [-0.2, 0) is 4.79 Å². The number of aryl methyl sites for hydroxylation is 1. The van der Waals surface area contributed by atoms with E-state index >= 15 is 0 Å². The predicted molar refractivity (Wildman–Crippen MR) is 90.5 cm³/mol. The Morgan fingerprint density at radius 3 is 2.27 bits per heavy atom. The third kappa shape index (κ3) is 5.13. The lowest BCUT2D eigenvalue weighted by Crippen LogP contribution is -2.20. The SMILES string of the molecule is CCCNc1ccc(NC(=O)COc2ccc(C)cc2)cc1. The molecule has 2 aromatic rings. The van der Waals surface area contributed by atoms with Crippen LogP contribution < -0.4 is 15.4 Å². The molecule has 2 N–H and O–H groups in total. The number of anilines is 2. The molecule has 0 saturated heterocycles. The Hall–Kier alpha value is -2.49. The van der Waals surface area contributed by atoms with E-state index in [0.29, 0.717) is 5.75 Å². The number of benzene rings is 2. The van der Waals surface area contributed by atoms with Crippen molar-refractivity contribution in [1.29, 1.82) is 0 Å². The molecule has 116 valence electrons. The largest absolute Gasteiger partial charge is 0.484 e. The molecular formula is C18H22N2O2. The van der Waals surface area contributed by atoms with Gasteiger partial charge in [0.05, 0.1) is 0 Å². The standard InChI is InChI=1S/C18H22N2O2/c1-3-12-19-15-6-8-16(9-7-15)20-18(21)13-22-17-10-4-14(2)5-11-17/h4-11,19H,3,12-13H2,1-2H3,(H,20,21). The van der Waals surface area contributed by atoms with Gasteiger partial charge in [-0.15, -0.1) is 0 Å². The Kier molecular flexibility index (Phi) is 5.83. The van der Waals surface area contributed by atoms with Crippen LogP contribution in [0.1, 0.15) is 18.9 Å². The summed E-state index contributed by atoms with van der Waals surface area (Å²) in [6, 6.07) is 15.3. The van der Waals surface area contributed by atoms with Gasteiger partial charge in [0, 0.05) is 17.9 Å². The predicted octanol–water partition coefficient (Wildman–Crippen LogP) is 3.83. The van der Waals surface area contributed by atoms with Crippen molar-refractivity contribution in [3.05, 3.63) is 54.1 Å². The van der Waals surface area contributed by atoms with E-state index in [1.165, 1.54) is 0 Å².